The Morgan fingerprint density at radius 2 is 2.04 bits per heavy atom. The molecule has 7 nitrogen and oxygen atoms in total. The molecule has 1 aliphatic rings. The Balaban J connectivity index is 1.97. The average molecular weight is 391 g/mol. The summed E-state index contributed by atoms with van der Waals surface area (Å²) in [6.45, 7) is 4.59. The van der Waals surface area contributed by atoms with E-state index in [-0.39, 0.29) is 23.5 Å². The van der Waals surface area contributed by atoms with E-state index in [0.717, 1.165) is 17.0 Å². The van der Waals surface area contributed by atoms with Crippen LogP contribution < -0.4 is 10.1 Å². The van der Waals surface area contributed by atoms with E-state index >= 15 is 0 Å². The zero-order valence-corrected chi connectivity index (χ0v) is 16.6. The molecule has 0 saturated carbocycles. The number of sulfone groups is 1. The lowest BCUT2D eigenvalue weighted by molar-refractivity contribution is 0.0943. The second-order valence-electron chi connectivity index (χ2n) is 7.25. The van der Waals surface area contributed by atoms with E-state index in [1.807, 2.05) is 38.1 Å². The lowest BCUT2D eigenvalue weighted by atomic mass is 10.1. The van der Waals surface area contributed by atoms with Crippen molar-refractivity contribution >= 4 is 15.7 Å². The van der Waals surface area contributed by atoms with Gasteiger partial charge in [-0.05, 0) is 42.7 Å². The zero-order chi connectivity index (χ0) is 19.6. The first kappa shape index (κ1) is 19.4. The second-order valence-corrected chi connectivity index (χ2v) is 9.48. The molecule has 2 aromatic rings. The molecule has 0 aliphatic carbocycles. The number of nitrogens with zero attached hydrogens (tertiary/aromatic N) is 2. The van der Waals surface area contributed by atoms with Gasteiger partial charge < -0.3 is 10.1 Å². The fourth-order valence-corrected chi connectivity index (χ4v) is 4.81. The van der Waals surface area contributed by atoms with Crippen LogP contribution in [0.25, 0.3) is 11.3 Å². The van der Waals surface area contributed by atoms with Gasteiger partial charge in [-0.15, -0.1) is 0 Å². The topological polar surface area (TPSA) is 90.3 Å². The third-order valence-electron chi connectivity index (χ3n) is 4.58. The highest BCUT2D eigenvalue weighted by molar-refractivity contribution is 7.91. The summed E-state index contributed by atoms with van der Waals surface area (Å²) in [6, 6.07) is 8.88. The van der Waals surface area contributed by atoms with Crippen LogP contribution in [0.2, 0.25) is 0 Å². The molecule has 1 fully saturated rings. The number of amides is 1. The number of benzene rings is 1. The highest BCUT2D eigenvalue weighted by Gasteiger charge is 2.32. The summed E-state index contributed by atoms with van der Waals surface area (Å²) < 4.78 is 30.7. The van der Waals surface area contributed by atoms with Crippen LogP contribution in [0.4, 0.5) is 0 Å². The highest BCUT2D eigenvalue weighted by Crippen LogP contribution is 2.31. The number of rotatable bonds is 6. The maximum Gasteiger partial charge on any atom is 0.271 e. The van der Waals surface area contributed by atoms with Gasteiger partial charge in [0.1, 0.15) is 5.75 Å². The molecule has 1 atom stereocenters. The lowest BCUT2D eigenvalue weighted by Gasteiger charge is -2.13. The van der Waals surface area contributed by atoms with Gasteiger partial charge in [0.15, 0.2) is 15.5 Å². The van der Waals surface area contributed by atoms with Crippen molar-refractivity contribution in [1.29, 1.82) is 0 Å². The smallest absolute Gasteiger partial charge is 0.271 e. The normalized spacial score (nSPS) is 18.6. The van der Waals surface area contributed by atoms with Gasteiger partial charge in [-0.1, -0.05) is 13.8 Å². The maximum absolute atomic E-state index is 12.5. The predicted molar refractivity (Wildman–Crippen MR) is 104 cm³/mol. The molecule has 1 aliphatic heterocycles. The Morgan fingerprint density at radius 1 is 1.33 bits per heavy atom. The number of methoxy groups -OCH3 is 1. The number of aromatic nitrogens is 2. The zero-order valence-electron chi connectivity index (χ0n) is 15.8. The maximum atomic E-state index is 12.5. The largest absolute Gasteiger partial charge is 0.497 e. The van der Waals surface area contributed by atoms with Crippen molar-refractivity contribution in [1.82, 2.24) is 15.1 Å². The minimum absolute atomic E-state index is 0.0465. The Morgan fingerprint density at radius 3 is 2.59 bits per heavy atom. The molecule has 8 heteroatoms. The SMILES string of the molecule is COc1ccc(-c2cc(C(=O)NCC(C)C)nn2[C@H]2CCS(=O)(=O)C2)cc1. The van der Waals surface area contributed by atoms with Gasteiger partial charge in [-0.25, -0.2) is 8.42 Å². The van der Waals surface area contributed by atoms with Crippen molar-refractivity contribution in [3.05, 3.63) is 36.0 Å². The van der Waals surface area contributed by atoms with Gasteiger partial charge in [0.25, 0.3) is 5.91 Å². The lowest BCUT2D eigenvalue weighted by Crippen LogP contribution is -2.28. The van der Waals surface area contributed by atoms with Crippen molar-refractivity contribution in [2.24, 2.45) is 5.92 Å². The van der Waals surface area contributed by atoms with Crippen molar-refractivity contribution in [2.75, 3.05) is 25.2 Å². The molecule has 0 radical (unpaired) electrons. The minimum Gasteiger partial charge on any atom is -0.497 e. The van der Waals surface area contributed by atoms with Crippen LogP contribution in [0.15, 0.2) is 30.3 Å². The highest BCUT2D eigenvalue weighted by atomic mass is 32.2. The van der Waals surface area contributed by atoms with Crippen LogP contribution in [0.5, 0.6) is 5.75 Å². The van der Waals surface area contributed by atoms with E-state index in [2.05, 4.69) is 10.4 Å². The minimum atomic E-state index is -3.07. The summed E-state index contributed by atoms with van der Waals surface area (Å²) in [6.07, 6.45) is 0.500. The Bertz CT molecular complexity index is 917. The summed E-state index contributed by atoms with van der Waals surface area (Å²) in [5.74, 6) is 0.998. The first-order valence-corrected chi connectivity index (χ1v) is 10.8. The molecule has 3 rings (SSSR count). The molecule has 0 spiro atoms. The molecular formula is C19H25N3O4S. The quantitative estimate of drug-likeness (QED) is 0.816. The number of hydrogen-bond acceptors (Lipinski definition) is 5. The molecule has 1 N–H and O–H groups in total. The van der Waals surface area contributed by atoms with Crippen molar-refractivity contribution in [3.63, 3.8) is 0 Å². The molecule has 1 aromatic carbocycles. The van der Waals surface area contributed by atoms with Gasteiger partial charge in [0.05, 0.1) is 30.4 Å². The van der Waals surface area contributed by atoms with E-state index in [1.165, 1.54) is 0 Å². The van der Waals surface area contributed by atoms with E-state index in [1.54, 1.807) is 17.9 Å². The van der Waals surface area contributed by atoms with Crippen LogP contribution in [-0.4, -0.2) is 49.3 Å². The summed E-state index contributed by atoms with van der Waals surface area (Å²) in [5, 5.41) is 7.33. The molecule has 2 heterocycles. The van der Waals surface area contributed by atoms with Crippen LogP contribution in [0, 0.1) is 5.92 Å². The van der Waals surface area contributed by atoms with Crippen LogP contribution in [0.3, 0.4) is 0 Å². The number of carbonyl (C=O) groups excluding carboxylic acids is 1. The number of carbonyl (C=O) groups is 1. The number of hydrogen-bond donors (Lipinski definition) is 1. The Labute approximate surface area is 159 Å². The average Bonchev–Trinajstić information content (AvgIpc) is 3.23. The number of nitrogens with one attached hydrogen (secondary N) is 1. The first-order valence-electron chi connectivity index (χ1n) is 9.01. The standard InChI is InChI=1S/C19H25N3O4S/c1-13(2)11-20-19(23)17-10-18(14-4-6-16(26-3)7-5-14)22(21-17)15-8-9-27(24,25)12-15/h4-7,10,13,15H,8-9,11-12H2,1-3H3,(H,20,23)/t15-/m0/s1. The predicted octanol–water partition coefficient (Wildman–Crippen LogP) is 2.30. The fourth-order valence-electron chi connectivity index (χ4n) is 3.12. The van der Waals surface area contributed by atoms with Crippen molar-refractivity contribution in [2.45, 2.75) is 26.3 Å². The van der Waals surface area contributed by atoms with Crippen LogP contribution in [-0.2, 0) is 9.84 Å². The third kappa shape index (κ3) is 4.50. The number of ether oxygens (including phenoxy) is 1. The summed E-state index contributed by atoms with van der Waals surface area (Å²) in [4.78, 5) is 12.5. The van der Waals surface area contributed by atoms with Gasteiger partial charge >= 0.3 is 0 Å². The molecule has 27 heavy (non-hydrogen) atoms. The van der Waals surface area contributed by atoms with E-state index in [9.17, 15) is 13.2 Å². The van der Waals surface area contributed by atoms with Crippen LogP contribution >= 0.6 is 0 Å². The molecule has 0 unspecified atom stereocenters. The molecule has 1 saturated heterocycles. The van der Waals surface area contributed by atoms with Gasteiger partial charge in [0, 0.05) is 12.1 Å². The summed E-state index contributed by atoms with van der Waals surface area (Å²) in [7, 11) is -1.47. The van der Waals surface area contributed by atoms with Crippen molar-refractivity contribution in [3.8, 4) is 17.0 Å². The van der Waals surface area contributed by atoms with E-state index < -0.39 is 9.84 Å². The van der Waals surface area contributed by atoms with Gasteiger partial charge in [0.2, 0.25) is 0 Å². The molecule has 1 amide bonds. The molecule has 1 aromatic heterocycles. The van der Waals surface area contributed by atoms with E-state index in [4.69, 9.17) is 4.74 Å². The van der Waals surface area contributed by atoms with Gasteiger partial charge in [-0.3, -0.25) is 9.48 Å². The molecule has 146 valence electrons. The van der Waals surface area contributed by atoms with E-state index in [0.29, 0.717) is 24.6 Å². The summed E-state index contributed by atoms with van der Waals surface area (Å²) >= 11 is 0. The fraction of sp³-hybridized carbons (Fsp3) is 0.474. The van der Waals surface area contributed by atoms with Gasteiger partial charge in [-0.2, -0.15) is 5.10 Å². The van der Waals surface area contributed by atoms with Crippen molar-refractivity contribution < 1.29 is 17.9 Å². The Kier molecular flexibility index (Phi) is 5.55. The summed E-state index contributed by atoms with van der Waals surface area (Å²) in [5.41, 5.74) is 1.88. The second kappa shape index (κ2) is 7.72. The molecular weight excluding hydrogens is 366 g/mol. The first-order chi connectivity index (χ1) is 12.8. The van der Waals surface area contributed by atoms with Crippen LogP contribution in [0.1, 0.15) is 36.8 Å². The Hall–Kier alpha value is -2.35. The monoisotopic (exact) mass is 391 g/mol. The molecule has 0 bridgehead atoms. The third-order valence-corrected chi connectivity index (χ3v) is 6.33.